The number of ether oxygens (including phenoxy) is 1. The first kappa shape index (κ1) is 12.7. The summed E-state index contributed by atoms with van der Waals surface area (Å²) in [7, 11) is 0. The molecule has 0 aliphatic rings. The van der Waals surface area contributed by atoms with Gasteiger partial charge in [0.05, 0.1) is 19.5 Å². The summed E-state index contributed by atoms with van der Waals surface area (Å²) in [6.07, 6.45) is 2.39. The molecule has 0 aromatic carbocycles. The molecule has 0 amide bonds. The van der Waals surface area contributed by atoms with E-state index in [1.165, 1.54) is 10.9 Å². The molecule has 0 bridgehead atoms. The Bertz CT molecular complexity index is 381. The van der Waals surface area contributed by atoms with E-state index in [0.29, 0.717) is 24.2 Å². The van der Waals surface area contributed by atoms with E-state index >= 15 is 0 Å². The first-order valence-electron chi connectivity index (χ1n) is 4.65. The third kappa shape index (κ3) is 3.59. The number of rotatable bonds is 5. The van der Waals surface area contributed by atoms with Gasteiger partial charge in [0.15, 0.2) is 5.15 Å². The fourth-order valence-electron chi connectivity index (χ4n) is 1.01. The van der Waals surface area contributed by atoms with E-state index in [1.807, 2.05) is 6.92 Å². The maximum atomic E-state index is 11.6. The quantitative estimate of drug-likeness (QED) is 0.617. The highest BCUT2D eigenvalue weighted by Crippen LogP contribution is 2.13. The molecule has 0 spiro atoms. The summed E-state index contributed by atoms with van der Waals surface area (Å²) in [4.78, 5) is 15.5. The smallest absolute Gasteiger partial charge is 0.269 e. The van der Waals surface area contributed by atoms with Crippen LogP contribution in [0, 0.1) is 0 Å². The van der Waals surface area contributed by atoms with Crippen LogP contribution in [0.2, 0.25) is 5.15 Å². The minimum atomic E-state index is -0.185. The zero-order chi connectivity index (χ0) is 11.3. The van der Waals surface area contributed by atoms with E-state index in [0.717, 1.165) is 6.42 Å². The van der Waals surface area contributed by atoms with E-state index < -0.39 is 0 Å². The first-order chi connectivity index (χ1) is 7.16. The van der Waals surface area contributed by atoms with E-state index in [1.54, 1.807) is 0 Å². The number of nitrogens with zero attached hydrogens (tertiary/aromatic N) is 2. The Labute approximate surface area is 101 Å². The Hall–Kier alpha value is -0.390. The van der Waals surface area contributed by atoms with Crippen LogP contribution in [-0.4, -0.2) is 22.8 Å². The molecule has 0 aliphatic carbocycles. The lowest BCUT2D eigenvalue weighted by atomic mass is 10.5. The van der Waals surface area contributed by atoms with Crippen molar-refractivity contribution >= 4 is 27.5 Å². The molecule has 0 saturated heterocycles. The summed E-state index contributed by atoms with van der Waals surface area (Å²) in [5.74, 6) is 0. The van der Waals surface area contributed by atoms with Crippen molar-refractivity contribution in [3.63, 3.8) is 0 Å². The fraction of sp³-hybridized carbons (Fsp3) is 0.556. The van der Waals surface area contributed by atoms with Crippen LogP contribution in [0.5, 0.6) is 0 Å². The summed E-state index contributed by atoms with van der Waals surface area (Å²) >= 11 is 8.75. The number of halogens is 2. The molecule has 1 rings (SSSR count). The summed E-state index contributed by atoms with van der Waals surface area (Å²) in [6, 6.07) is 0. The van der Waals surface area contributed by atoms with Crippen LogP contribution in [-0.2, 0) is 11.3 Å². The number of hydrogen-bond donors (Lipinski definition) is 0. The highest BCUT2D eigenvalue weighted by atomic mass is 79.9. The summed E-state index contributed by atoms with van der Waals surface area (Å²) in [5, 5.41) is 0.186. The van der Waals surface area contributed by atoms with Crippen LogP contribution < -0.4 is 5.56 Å². The van der Waals surface area contributed by atoms with Crippen molar-refractivity contribution in [3.05, 3.63) is 26.3 Å². The predicted molar refractivity (Wildman–Crippen MR) is 62.3 cm³/mol. The highest BCUT2D eigenvalue weighted by Gasteiger charge is 2.06. The van der Waals surface area contributed by atoms with Gasteiger partial charge in [0.2, 0.25) is 0 Å². The van der Waals surface area contributed by atoms with Gasteiger partial charge in [-0.05, 0) is 22.4 Å². The number of hydrogen-bond acceptors (Lipinski definition) is 3. The van der Waals surface area contributed by atoms with Crippen LogP contribution in [0.25, 0.3) is 0 Å². The van der Waals surface area contributed by atoms with E-state index in [2.05, 4.69) is 20.9 Å². The molecule has 0 atom stereocenters. The van der Waals surface area contributed by atoms with Crippen LogP contribution in [0.4, 0.5) is 0 Å². The second-order valence-electron chi connectivity index (χ2n) is 2.96. The van der Waals surface area contributed by atoms with Gasteiger partial charge in [-0.25, -0.2) is 4.98 Å². The Morgan fingerprint density at radius 2 is 2.33 bits per heavy atom. The molecule has 0 radical (unpaired) electrons. The molecule has 1 aromatic heterocycles. The predicted octanol–water partition coefficient (Wildman–Crippen LogP) is 2.09. The van der Waals surface area contributed by atoms with Crippen molar-refractivity contribution in [2.75, 3.05) is 13.2 Å². The van der Waals surface area contributed by atoms with E-state index in [4.69, 9.17) is 16.3 Å². The number of aromatic nitrogens is 2. The molecule has 15 heavy (non-hydrogen) atoms. The van der Waals surface area contributed by atoms with E-state index in [-0.39, 0.29) is 10.7 Å². The van der Waals surface area contributed by atoms with Crippen molar-refractivity contribution in [1.82, 2.24) is 9.55 Å². The molecule has 1 heterocycles. The standard InChI is InChI=1S/C9H12BrClN2O2/c1-2-4-15-5-3-13-6-12-8(11)7(10)9(13)14/h6H,2-5H2,1H3. The molecule has 0 N–H and O–H groups in total. The lowest BCUT2D eigenvalue weighted by molar-refractivity contribution is 0.126. The monoisotopic (exact) mass is 294 g/mol. The fourth-order valence-corrected chi connectivity index (χ4v) is 1.47. The SMILES string of the molecule is CCCOCCn1cnc(Cl)c(Br)c1=O. The Balaban J connectivity index is 2.63. The molecule has 0 unspecified atom stereocenters. The van der Waals surface area contributed by atoms with Crippen molar-refractivity contribution in [2.45, 2.75) is 19.9 Å². The van der Waals surface area contributed by atoms with Gasteiger partial charge >= 0.3 is 0 Å². The van der Waals surface area contributed by atoms with Gasteiger partial charge in [-0.15, -0.1) is 0 Å². The second-order valence-corrected chi connectivity index (χ2v) is 4.11. The first-order valence-corrected chi connectivity index (χ1v) is 5.82. The van der Waals surface area contributed by atoms with Crippen LogP contribution in [0.1, 0.15) is 13.3 Å². The van der Waals surface area contributed by atoms with Crippen molar-refractivity contribution < 1.29 is 4.74 Å². The minimum absolute atomic E-state index is 0.185. The Morgan fingerprint density at radius 3 is 3.00 bits per heavy atom. The molecule has 4 nitrogen and oxygen atoms in total. The van der Waals surface area contributed by atoms with Crippen LogP contribution in [0.3, 0.4) is 0 Å². The molecular weight excluding hydrogens is 283 g/mol. The topological polar surface area (TPSA) is 44.1 Å². The van der Waals surface area contributed by atoms with Crippen LogP contribution >= 0.6 is 27.5 Å². The molecular formula is C9H12BrClN2O2. The van der Waals surface area contributed by atoms with Gasteiger partial charge in [0.1, 0.15) is 4.47 Å². The molecule has 1 aromatic rings. The van der Waals surface area contributed by atoms with Crippen molar-refractivity contribution in [2.24, 2.45) is 0 Å². The van der Waals surface area contributed by atoms with E-state index in [9.17, 15) is 4.79 Å². The average molecular weight is 296 g/mol. The molecule has 6 heteroatoms. The third-order valence-electron chi connectivity index (χ3n) is 1.77. The molecule has 0 fully saturated rings. The van der Waals surface area contributed by atoms with Gasteiger partial charge in [0, 0.05) is 6.61 Å². The molecule has 0 aliphatic heterocycles. The molecule has 0 saturated carbocycles. The van der Waals surface area contributed by atoms with Crippen molar-refractivity contribution in [1.29, 1.82) is 0 Å². The molecule has 84 valence electrons. The maximum Gasteiger partial charge on any atom is 0.269 e. The van der Waals surface area contributed by atoms with Crippen LogP contribution in [0.15, 0.2) is 15.6 Å². The third-order valence-corrected chi connectivity index (χ3v) is 2.99. The average Bonchev–Trinajstić information content (AvgIpc) is 2.24. The lowest BCUT2D eigenvalue weighted by Crippen LogP contribution is -2.23. The van der Waals surface area contributed by atoms with Gasteiger partial charge in [0.25, 0.3) is 5.56 Å². The van der Waals surface area contributed by atoms with Gasteiger partial charge in [-0.3, -0.25) is 9.36 Å². The summed E-state index contributed by atoms with van der Waals surface area (Å²) in [5.41, 5.74) is -0.185. The Kier molecular flexibility index (Phi) is 5.28. The lowest BCUT2D eigenvalue weighted by Gasteiger charge is -2.06. The van der Waals surface area contributed by atoms with Gasteiger partial charge in [-0.2, -0.15) is 0 Å². The maximum absolute atomic E-state index is 11.6. The zero-order valence-corrected chi connectivity index (χ0v) is 10.7. The van der Waals surface area contributed by atoms with Gasteiger partial charge in [-0.1, -0.05) is 18.5 Å². The van der Waals surface area contributed by atoms with Gasteiger partial charge < -0.3 is 4.74 Å². The normalized spacial score (nSPS) is 10.6. The zero-order valence-electron chi connectivity index (χ0n) is 8.37. The Morgan fingerprint density at radius 1 is 1.60 bits per heavy atom. The summed E-state index contributed by atoms with van der Waals surface area (Å²) in [6.45, 7) is 3.73. The summed E-state index contributed by atoms with van der Waals surface area (Å²) < 4.78 is 7.03. The largest absolute Gasteiger partial charge is 0.380 e. The second kappa shape index (κ2) is 6.25. The minimum Gasteiger partial charge on any atom is -0.380 e. The van der Waals surface area contributed by atoms with Crippen molar-refractivity contribution in [3.8, 4) is 0 Å². The highest BCUT2D eigenvalue weighted by molar-refractivity contribution is 9.10.